The molecule has 1 amide bonds. The lowest BCUT2D eigenvalue weighted by atomic mass is 10.2. The van der Waals surface area contributed by atoms with Crippen LogP contribution < -0.4 is 14.4 Å². The van der Waals surface area contributed by atoms with E-state index < -0.39 is 26.2 Å². The van der Waals surface area contributed by atoms with E-state index in [1.54, 1.807) is 31.2 Å². The number of carbonyl (C=O) groups excluding carboxylic acids is 1. The van der Waals surface area contributed by atoms with Gasteiger partial charge >= 0.3 is 0 Å². The Bertz CT molecular complexity index is 1190. The van der Waals surface area contributed by atoms with E-state index in [0.717, 1.165) is 10.6 Å². The number of ether oxygens (including phenoxy) is 2. The minimum atomic E-state index is -3.61. The summed E-state index contributed by atoms with van der Waals surface area (Å²) in [6.45, 7) is 3.14. The molecule has 1 heterocycles. The van der Waals surface area contributed by atoms with Crippen molar-refractivity contribution in [3.8, 4) is 5.75 Å². The Balaban J connectivity index is 1.63. The molecule has 3 rings (SSSR count). The molecule has 12 heteroatoms. The van der Waals surface area contributed by atoms with Crippen LogP contribution >= 0.6 is 0 Å². The van der Waals surface area contributed by atoms with E-state index in [1.807, 2.05) is 0 Å². The van der Waals surface area contributed by atoms with Crippen LogP contribution in [0, 0.1) is 0 Å². The summed E-state index contributed by atoms with van der Waals surface area (Å²) in [7, 11) is -5.54. The molecule has 1 saturated heterocycles. The molecule has 0 saturated carbocycles. The van der Waals surface area contributed by atoms with Gasteiger partial charge in [-0.05, 0) is 55.0 Å². The molecule has 1 unspecified atom stereocenters. The van der Waals surface area contributed by atoms with Gasteiger partial charge in [-0.1, -0.05) is 6.92 Å². The van der Waals surface area contributed by atoms with Crippen molar-refractivity contribution in [2.75, 3.05) is 49.2 Å². The first-order chi connectivity index (χ1) is 16.0. The number of benzene rings is 2. The molecule has 1 aliphatic rings. The van der Waals surface area contributed by atoms with Crippen LogP contribution in [0.3, 0.4) is 0 Å². The van der Waals surface area contributed by atoms with Crippen LogP contribution in [-0.4, -0.2) is 72.8 Å². The molecular formula is C22H29N3O7S2. The molecule has 1 atom stereocenters. The van der Waals surface area contributed by atoms with Gasteiger partial charge in [-0.15, -0.1) is 0 Å². The molecule has 1 aliphatic heterocycles. The molecule has 34 heavy (non-hydrogen) atoms. The molecule has 186 valence electrons. The number of hydrogen-bond acceptors (Lipinski definition) is 7. The topological polar surface area (TPSA) is 122 Å². The Morgan fingerprint density at radius 3 is 2.18 bits per heavy atom. The van der Waals surface area contributed by atoms with Crippen LogP contribution in [-0.2, 0) is 29.6 Å². The minimum Gasteiger partial charge on any atom is -0.481 e. The average Bonchev–Trinajstić information content (AvgIpc) is 2.82. The van der Waals surface area contributed by atoms with Gasteiger partial charge in [0.2, 0.25) is 20.0 Å². The maximum Gasteiger partial charge on any atom is 0.265 e. The highest BCUT2D eigenvalue weighted by atomic mass is 32.2. The number of hydrogen-bond donors (Lipinski definition) is 1. The van der Waals surface area contributed by atoms with Crippen LogP contribution in [0.15, 0.2) is 53.4 Å². The van der Waals surface area contributed by atoms with E-state index in [-0.39, 0.29) is 10.8 Å². The summed E-state index contributed by atoms with van der Waals surface area (Å²) in [6.07, 6.45) is 0.704. The lowest BCUT2D eigenvalue weighted by Crippen LogP contribution is -2.40. The number of anilines is 2. The van der Waals surface area contributed by atoms with Gasteiger partial charge < -0.3 is 14.8 Å². The predicted molar refractivity (Wildman–Crippen MR) is 129 cm³/mol. The van der Waals surface area contributed by atoms with Crippen molar-refractivity contribution in [3.63, 3.8) is 0 Å². The molecule has 1 N–H and O–H groups in total. The Kier molecular flexibility index (Phi) is 8.18. The fraction of sp³-hybridized carbons (Fsp3) is 0.409. The Morgan fingerprint density at radius 1 is 1.06 bits per heavy atom. The van der Waals surface area contributed by atoms with Gasteiger partial charge in [0.05, 0.1) is 30.1 Å². The number of morpholine rings is 1. The number of nitrogens with one attached hydrogen (secondary N) is 1. The van der Waals surface area contributed by atoms with Crippen LogP contribution in [0.5, 0.6) is 5.75 Å². The van der Waals surface area contributed by atoms with E-state index in [0.29, 0.717) is 49.8 Å². The van der Waals surface area contributed by atoms with Crippen molar-refractivity contribution in [1.82, 2.24) is 4.31 Å². The van der Waals surface area contributed by atoms with Gasteiger partial charge in [-0.25, -0.2) is 16.8 Å². The Labute approximate surface area is 200 Å². The van der Waals surface area contributed by atoms with Gasteiger partial charge in [-0.3, -0.25) is 9.10 Å². The summed E-state index contributed by atoms with van der Waals surface area (Å²) in [5.74, 6) is 0.0308. The van der Waals surface area contributed by atoms with E-state index >= 15 is 0 Å². The molecule has 2 aromatic rings. The van der Waals surface area contributed by atoms with Crippen molar-refractivity contribution >= 4 is 37.3 Å². The van der Waals surface area contributed by atoms with Crippen LogP contribution in [0.1, 0.15) is 13.3 Å². The maximum absolute atomic E-state index is 12.7. The quantitative estimate of drug-likeness (QED) is 0.546. The Hall–Kier alpha value is -2.67. The zero-order valence-corrected chi connectivity index (χ0v) is 20.9. The highest BCUT2D eigenvalue weighted by Gasteiger charge is 2.26. The monoisotopic (exact) mass is 511 g/mol. The smallest absolute Gasteiger partial charge is 0.265 e. The van der Waals surface area contributed by atoms with Crippen molar-refractivity contribution in [2.24, 2.45) is 0 Å². The van der Waals surface area contributed by atoms with Crippen LogP contribution in [0.4, 0.5) is 11.4 Å². The second kappa shape index (κ2) is 10.7. The number of sulfonamides is 2. The summed E-state index contributed by atoms with van der Waals surface area (Å²) in [5, 5.41) is 2.74. The third kappa shape index (κ3) is 6.26. The molecule has 1 fully saturated rings. The standard InChI is InChI=1S/C22H29N3O7S2/c1-4-21(32-19-9-7-18(8-10-19)24(2)33(3,27)28)22(26)23-17-5-11-20(12-6-17)34(29,30)25-13-15-31-16-14-25/h5-12,21H,4,13-16H2,1-3H3,(H,23,26). The largest absolute Gasteiger partial charge is 0.481 e. The van der Waals surface area contributed by atoms with Gasteiger partial charge in [0.25, 0.3) is 5.91 Å². The molecule has 0 spiro atoms. The third-order valence-electron chi connectivity index (χ3n) is 5.37. The van der Waals surface area contributed by atoms with Crippen molar-refractivity contribution in [2.45, 2.75) is 24.3 Å². The van der Waals surface area contributed by atoms with E-state index in [4.69, 9.17) is 9.47 Å². The zero-order valence-electron chi connectivity index (χ0n) is 19.3. The van der Waals surface area contributed by atoms with E-state index in [9.17, 15) is 21.6 Å². The normalized spacial score (nSPS) is 16.0. The first-order valence-corrected chi connectivity index (χ1v) is 14.0. The van der Waals surface area contributed by atoms with Gasteiger partial charge in [0, 0.05) is 25.8 Å². The fourth-order valence-electron chi connectivity index (χ4n) is 3.28. The molecular weight excluding hydrogens is 482 g/mol. The second-order valence-corrected chi connectivity index (χ2v) is 11.7. The zero-order chi connectivity index (χ0) is 24.9. The van der Waals surface area contributed by atoms with Gasteiger partial charge in [-0.2, -0.15) is 4.31 Å². The molecule has 0 aromatic heterocycles. The SMILES string of the molecule is CCC(Oc1ccc(N(C)S(C)(=O)=O)cc1)C(=O)Nc1ccc(S(=O)(=O)N2CCOCC2)cc1. The Morgan fingerprint density at radius 2 is 1.65 bits per heavy atom. The second-order valence-electron chi connectivity index (χ2n) is 7.77. The van der Waals surface area contributed by atoms with E-state index in [2.05, 4.69) is 5.32 Å². The molecule has 0 radical (unpaired) electrons. The van der Waals surface area contributed by atoms with Crippen LogP contribution in [0.2, 0.25) is 0 Å². The van der Waals surface area contributed by atoms with Gasteiger partial charge in [0.1, 0.15) is 5.75 Å². The summed E-state index contributed by atoms with van der Waals surface area (Å²) in [6, 6.07) is 12.4. The number of carbonyl (C=O) groups is 1. The fourth-order valence-corrected chi connectivity index (χ4v) is 5.19. The van der Waals surface area contributed by atoms with Crippen LogP contribution in [0.25, 0.3) is 0 Å². The minimum absolute atomic E-state index is 0.148. The predicted octanol–water partition coefficient (Wildman–Crippen LogP) is 1.90. The average molecular weight is 512 g/mol. The molecule has 0 aliphatic carbocycles. The highest BCUT2D eigenvalue weighted by molar-refractivity contribution is 7.92. The van der Waals surface area contributed by atoms with Gasteiger partial charge in [0.15, 0.2) is 6.10 Å². The third-order valence-corrected chi connectivity index (χ3v) is 8.49. The number of amides is 1. The first-order valence-electron chi connectivity index (χ1n) is 10.7. The number of rotatable bonds is 9. The molecule has 2 aromatic carbocycles. The van der Waals surface area contributed by atoms with Crippen molar-refractivity contribution < 1.29 is 31.1 Å². The summed E-state index contributed by atoms with van der Waals surface area (Å²) in [5.41, 5.74) is 0.914. The van der Waals surface area contributed by atoms with Crippen molar-refractivity contribution in [1.29, 1.82) is 0 Å². The lowest BCUT2D eigenvalue weighted by molar-refractivity contribution is -0.122. The molecule has 10 nitrogen and oxygen atoms in total. The first kappa shape index (κ1) is 25.9. The maximum atomic E-state index is 12.7. The summed E-state index contributed by atoms with van der Waals surface area (Å²) < 4.78 is 62.3. The van der Waals surface area contributed by atoms with E-state index in [1.165, 1.54) is 35.6 Å². The molecule has 0 bridgehead atoms. The highest BCUT2D eigenvalue weighted by Crippen LogP contribution is 2.23. The summed E-state index contributed by atoms with van der Waals surface area (Å²) in [4.78, 5) is 12.9. The lowest BCUT2D eigenvalue weighted by Gasteiger charge is -2.26. The number of nitrogens with zero attached hydrogens (tertiary/aromatic N) is 2. The van der Waals surface area contributed by atoms with Crippen molar-refractivity contribution in [3.05, 3.63) is 48.5 Å². The summed E-state index contributed by atoms with van der Waals surface area (Å²) >= 11 is 0.